The van der Waals surface area contributed by atoms with Gasteiger partial charge in [-0.25, -0.2) is 9.18 Å². The maximum atomic E-state index is 13.0. The first-order valence-corrected chi connectivity index (χ1v) is 8.28. The van der Waals surface area contributed by atoms with E-state index in [1.165, 1.54) is 24.3 Å². The zero-order valence-corrected chi connectivity index (χ0v) is 14.4. The third kappa shape index (κ3) is 3.22. The molecule has 0 aliphatic carbocycles. The molecule has 134 valence electrons. The van der Waals surface area contributed by atoms with Gasteiger partial charge in [0.2, 0.25) is 0 Å². The van der Waals surface area contributed by atoms with Crippen molar-refractivity contribution in [1.82, 2.24) is 4.90 Å². The van der Waals surface area contributed by atoms with E-state index < -0.39 is 23.8 Å². The second-order valence-electron chi connectivity index (χ2n) is 6.45. The molecular formula is C20H18FNO4. The average molecular weight is 355 g/mol. The molecule has 1 heterocycles. The third-order valence-electron chi connectivity index (χ3n) is 4.27. The number of fused-ring (bicyclic) bond motifs is 1. The topological polar surface area (TPSA) is 63.7 Å². The zero-order valence-electron chi connectivity index (χ0n) is 14.4. The fraction of sp³-hybridized carbons (Fsp3) is 0.250. The Hall–Kier alpha value is -3.02. The number of amides is 2. The summed E-state index contributed by atoms with van der Waals surface area (Å²) in [4.78, 5) is 38.8. The van der Waals surface area contributed by atoms with E-state index in [9.17, 15) is 18.8 Å². The first-order chi connectivity index (χ1) is 12.4. The van der Waals surface area contributed by atoms with Crippen LogP contribution in [0.25, 0.3) is 0 Å². The van der Waals surface area contributed by atoms with E-state index in [1.54, 1.807) is 38.1 Å². The summed E-state index contributed by atoms with van der Waals surface area (Å²) >= 11 is 0. The molecule has 6 heteroatoms. The van der Waals surface area contributed by atoms with Crippen LogP contribution in [0, 0.1) is 11.7 Å². The highest BCUT2D eigenvalue weighted by Crippen LogP contribution is 2.27. The maximum Gasteiger partial charge on any atom is 0.329 e. The van der Waals surface area contributed by atoms with Crippen LogP contribution >= 0.6 is 0 Å². The van der Waals surface area contributed by atoms with Crippen molar-refractivity contribution in [2.45, 2.75) is 26.5 Å². The van der Waals surface area contributed by atoms with Crippen molar-refractivity contribution in [2.24, 2.45) is 5.92 Å². The lowest BCUT2D eigenvalue weighted by molar-refractivity contribution is -0.151. The maximum absolute atomic E-state index is 13.0. The van der Waals surface area contributed by atoms with Gasteiger partial charge >= 0.3 is 5.97 Å². The van der Waals surface area contributed by atoms with Crippen molar-refractivity contribution in [3.05, 3.63) is 71.0 Å². The molecule has 26 heavy (non-hydrogen) atoms. The van der Waals surface area contributed by atoms with Crippen LogP contribution in [0.1, 0.15) is 40.1 Å². The molecule has 0 spiro atoms. The Morgan fingerprint density at radius 3 is 2.04 bits per heavy atom. The van der Waals surface area contributed by atoms with Gasteiger partial charge in [-0.3, -0.25) is 14.5 Å². The molecule has 2 aromatic rings. The number of hydrogen-bond donors (Lipinski definition) is 0. The molecule has 5 nitrogen and oxygen atoms in total. The molecule has 1 aliphatic rings. The summed E-state index contributed by atoms with van der Waals surface area (Å²) in [5.41, 5.74) is 1.19. The second-order valence-corrected chi connectivity index (χ2v) is 6.45. The molecule has 0 fully saturated rings. The minimum atomic E-state index is -1.03. The van der Waals surface area contributed by atoms with E-state index in [4.69, 9.17) is 4.74 Å². The molecule has 0 aromatic heterocycles. The third-order valence-corrected chi connectivity index (χ3v) is 4.27. The zero-order chi connectivity index (χ0) is 18.8. The number of nitrogens with zero attached hydrogens (tertiary/aromatic N) is 1. The molecule has 0 saturated heterocycles. The molecule has 2 amide bonds. The number of halogens is 1. The van der Waals surface area contributed by atoms with Crippen molar-refractivity contribution in [1.29, 1.82) is 0 Å². The minimum absolute atomic E-state index is 0.0640. The molecule has 0 N–H and O–H groups in total. The van der Waals surface area contributed by atoms with E-state index in [-0.39, 0.29) is 29.5 Å². The van der Waals surface area contributed by atoms with Gasteiger partial charge in [-0.2, -0.15) is 0 Å². The molecule has 3 rings (SSSR count). The van der Waals surface area contributed by atoms with Gasteiger partial charge in [0.1, 0.15) is 18.5 Å². The molecule has 1 atom stereocenters. The number of esters is 1. The van der Waals surface area contributed by atoms with Gasteiger partial charge in [0.05, 0.1) is 11.1 Å². The lowest BCUT2D eigenvalue weighted by atomic mass is 10.0. The summed E-state index contributed by atoms with van der Waals surface area (Å²) in [7, 11) is 0. The van der Waals surface area contributed by atoms with Gasteiger partial charge in [0.15, 0.2) is 0 Å². The normalized spacial score (nSPS) is 14.5. The molecule has 0 radical (unpaired) electrons. The summed E-state index contributed by atoms with van der Waals surface area (Å²) in [5, 5.41) is 0. The Morgan fingerprint density at radius 1 is 1.00 bits per heavy atom. The Kier molecular flexibility index (Phi) is 4.84. The van der Waals surface area contributed by atoms with Crippen LogP contribution in [-0.2, 0) is 16.1 Å². The summed E-state index contributed by atoms with van der Waals surface area (Å²) in [5.74, 6) is -2.37. The molecule has 1 aliphatic heterocycles. The van der Waals surface area contributed by atoms with E-state index in [2.05, 4.69) is 0 Å². The van der Waals surface area contributed by atoms with Crippen molar-refractivity contribution in [3.8, 4) is 0 Å². The predicted molar refractivity (Wildman–Crippen MR) is 91.8 cm³/mol. The van der Waals surface area contributed by atoms with Crippen LogP contribution in [0.4, 0.5) is 4.39 Å². The highest BCUT2D eigenvalue weighted by atomic mass is 19.1. The van der Waals surface area contributed by atoms with Crippen LogP contribution < -0.4 is 0 Å². The Bertz CT molecular complexity index is 825. The van der Waals surface area contributed by atoms with E-state index in [0.717, 1.165) is 4.90 Å². The quantitative estimate of drug-likeness (QED) is 0.610. The number of benzene rings is 2. The van der Waals surface area contributed by atoms with Gasteiger partial charge in [-0.05, 0) is 35.7 Å². The lowest BCUT2D eigenvalue weighted by Crippen LogP contribution is -2.48. The van der Waals surface area contributed by atoms with Crippen molar-refractivity contribution < 1.29 is 23.5 Å². The number of imide groups is 1. The summed E-state index contributed by atoms with van der Waals surface area (Å²) in [6.45, 7) is 3.42. The van der Waals surface area contributed by atoms with Crippen molar-refractivity contribution >= 4 is 17.8 Å². The fourth-order valence-electron chi connectivity index (χ4n) is 2.96. The highest BCUT2D eigenvalue weighted by Gasteiger charge is 2.44. The summed E-state index contributed by atoms with van der Waals surface area (Å²) < 4.78 is 18.2. The second kappa shape index (κ2) is 7.07. The average Bonchev–Trinajstić information content (AvgIpc) is 2.87. The largest absolute Gasteiger partial charge is 0.459 e. The molecule has 0 bridgehead atoms. The van der Waals surface area contributed by atoms with Gasteiger partial charge < -0.3 is 4.74 Å². The lowest BCUT2D eigenvalue weighted by Gasteiger charge is -2.27. The molecule has 0 saturated carbocycles. The van der Waals surface area contributed by atoms with Crippen molar-refractivity contribution in [3.63, 3.8) is 0 Å². The SMILES string of the molecule is CC(C)[C@@H](C(=O)OCc1ccc(F)cc1)N1C(=O)c2ccccc2C1=O. The van der Waals surface area contributed by atoms with Gasteiger partial charge in [-0.1, -0.05) is 38.1 Å². The number of ether oxygens (including phenoxy) is 1. The number of rotatable bonds is 5. The molecular weight excluding hydrogens is 337 g/mol. The van der Waals surface area contributed by atoms with Crippen LogP contribution in [0.2, 0.25) is 0 Å². The fourth-order valence-corrected chi connectivity index (χ4v) is 2.96. The number of hydrogen-bond acceptors (Lipinski definition) is 4. The number of carbonyl (C=O) groups is 3. The standard InChI is InChI=1S/C20H18FNO4/c1-12(2)17(20(25)26-11-13-7-9-14(21)10-8-13)22-18(23)15-5-3-4-6-16(15)19(22)24/h3-10,12,17H,11H2,1-2H3/t17-/m0/s1. The van der Waals surface area contributed by atoms with Crippen LogP contribution in [0.3, 0.4) is 0 Å². The van der Waals surface area contributed by atoms with Crippen LogP contribution in [-0.4, -0.2) is 28.7 Å². The Morgan fingerprint density at radius 2 is 1.54 bits per heavy atom. The van der Waals surface area contributed by atoms with Gasteiger partial charge in [0, 0.05) is 0 Å². The number of carbonyl (C=O) groups excluding carboxylic acids is 3. The van der Waals surface area contributed by atoms with E-state index in [0.29, 0.717) is 5.56 Å². The van der Waals surface area contributed by atoms with Crippen molar-refractivity contribution in [2.75, 3.05) is 0 Å². The Labute approximate surface area is 150 Å². The predicted octanol–water partition coefficient (Wildman–Crippen LogP) is 3.19. The molecule has 2 aromatic carbocycles. The molecule has 0 unspecified atom stereocenters. The first kappa shape index (κ1) is 17.8. The minimum Gasteiger partial charge on any atom is -0.459 e. The summed E-state index contributed by atoms with van der Waals surface area (Å²) in [6, 6.07) is 11.0. The smallest absolute Gasteiger partial charge is 0.329 e. The van der Waals surface area contributed by atoms with E-state index in [1.807, 2.05) is 0 Å². The monoisotopic (exact) mass is 355 g/mol. The summed E-state index contributed by atoms with van der Waals surface area (Å²) in [6.07, 6.45) is 0. The van der Waals surface area contributed by atoms with Crippen LogP contribution in [0.15, 0.2) is 48.5 Å². The van der Waals surface area contributed by atoms with E-state index >= 15 is 0 Å². The Balaban J connectivity index is 1.79. The first-order valence-electron chi connectivity index (χ1n) is 8.28. The van der Waals surface area contributed by atoms with Crippen LogP contribution in [0.5, 0.6) is 0 Å². The van der Waals surface area contributed by atoms with Gasteiger partial charge in [-0.15, -0.1) is 0 Å². The highest BCUT2D eigenvalue weighted by molar-refractivity contribution is 6.22. The van der Waals surface area contributed by atoms with Gasteiger partial charge in [0.25, 0.3) is 11.8 Å².